The van der Waals surface area contributed by atoms with Crippen molar-refractivity contribution >= 4 is 11.8 Å². The number of hydrogen-bond donors (Lipinski definition) is 2. The number of aromatic nitrogens is 2. The van der Waals surface area contributed by atoms with Gasteiger partial charge in [0.05, 0.1) is 6.61 Å². The van der Waals surface area contributed by atoms with Crippen LogP contribution in [0, 0.1) is 13.8 Å². The highest BCUT2D eigenvalue weighted by molar-refractivity contribution is 5.74. The van der Waals surface area contributed by atoms with Gasteiger partial charge in [-0.2, -0.15) is 0 Å². The summed E-state index contributed by atoms with van der Waals surface area (Å²) in [5.41, 5.74) is 3.49. The highest BCUT2D eigenvalue weighted by atomic mass is 16.5. The average molecular weight is 396 g/mol. The Kier molecular flexibility index (Phi) is 5.83. The van der Waals surface area contributed by atoms with Gasteiger partial charge in [0.25, 0.3) is 0 Å². The number of anilines is 1. The highest BCUT2D eigenvalue weighted by Gasteiger charge is 2.22. The summed E-state index contributed by atoms with van der Waals surface area (Å²) in [5, 5.41) is 6.10. The fourth-order valence-electron chi connectivity index (χ4n) is 4.06. The van der Waals surface area contributed by atoms with E-state index in [0.29, 0.717) is 6.54 Å². The molecule has 0 atom stereocenters. The average Bonchev–Trinajstić information content (AvgIpc) is 3.16. The van der Waals surface area contributed by atoms with Crippen LogP contribution < -0.4 is 20.3 Å². The van der Waals surface area contributed by atoms with Gasteiger partial charge >= 0.3 is 6.03 Å². The zero-order chi connectivity index (χ0) is 20.2. The summed E-state index contributed by atoms with van der Waals surface area (Å²) in [6.45, 7) is 7.09. The van der Waals surface area contributed by atoms with E-state index in [4.69, 9.17) is 4.74 Å². The van der Waals surface area contributed by atoms with E-state index >= 15 is 0 Å². The first-order valence-corrected chi connectivity index (χ1v) is 10.4. The molecule has 0 saturated carbocycles. The van der Waals surface area contributed by atoms with Crippen molar-refractivity contribution in [2.45, 2.75) is 45.6 Å². The van der Waals surface area contributed by atoms with E-state index < -0.39 is 0 Å². The summed E-state index contributed by atoms with van der Waals surface area (Å²) in [7, 11) is 0. The Morgan fingerprint density at radius 1 is 1.21 bits per heavy atom. The van der Waals surface area contributed by atoms with Gasteiger partial charge in [-0.25, -0.2) is 14.8 Å². The summed E-state index contributed by atoms with van der Waals surface area (Å²) in [5.74, 6) is 2.78. The molecule has 2 aliphatic heterocycles. The van der Waals surface area contributed by atoms with Crippen LogP contribution in [0.3, 0.4) is 0 Å². The van der Waals surface area contributed by atoms with Gasteiger partial charge in [0.15, 0.2) is 0 Å². The van der Waals surface area contributed by atoms with E-state index in [1.54, 1.807) is 0 Å². The van der Waals surface area contributed by atoms with Gasteiger partial charge in [-0.15, -0.1) is 0 Å². The Morgan fingerprint density at radius 2 is 2.03 bits per heavy atom. The third-order valence-electron chi connectivity index (χ3n) is 5.56. The predicted molar refractivity (Wildman–Crippen MR) is 113 cm³/mol. The van der Waals surface area contributed by atoms with Crippen LogP contribution >= 0.6 is 0 Å². The molecule has 7 heteroatoms. The molecule has 1 aromatic carbocycles. The summed E-state index contributed by atoms with van der Waals surface area (Å²) in [6.07, 6.45) is 3.64. The number of ether oxygens (including phenoxy) is 1. The second-order valence-electron chi connectivity index (χ2n) is 7.87. The van der Waals surface area contributed by atoms with Crippen molar-refractivity contribution < 1.29 is 9.53 Å². The van der Waals surface area contributed by atoms with Gasteiger partial charge in [-0.05, 0) is 50.3 Å². The van der Waals surface area contributed by atoms with Crippen LogP contribution in [0.25, 0.3) is 0 Å². The normalized spacial score (nSPS) is 16.3. The van der Waals surface area contributed by atoms with Crippen molar-refractivity contribution in [2.75, 3.05) is 31.1 Å². The standard InChI is InChI=1S/C22H29N5O2/c1-15-13-21(25-16(2)24-15)27-10-6-19(7-11-27)26-22(28)23-9-5-17-3-4-20-18(14-17)8-12-29-20/h3-4,13-14,19H,5-12H2,1-2H3,(H2,23,26,28). The molecular formula is C22H29N5O2. The molecule has 0 bridgehead atoms. The van der Waals surface area contributed by atoms with Crippen molar-refractivity contribution in [3.05, 3.63) is 46.9 Å². The molecule has 2 amide bonds. The summed E-state index contributed by atoms with van der Waals surface area (Å²) >= 11 is 0. The van der Waals surface area contributed by atoms with Crippen molar-refractivity contribution in [1.29, 1.82) is 0 Å². The Hall–Kier alpha value is -2.83. The monoisotopic (exact) mass is 395 g/mol. The third kappa shape index (κ3) is 4.96. The second kappa shape index (κ2) is 8.68. The molecule has 0 spiro atoms. The minimum Gasteiger partial charge on any atom is -0.493 e. The molecule has 154 valence electrons. The molecule has 1 fully saturated rings. The number of aryl methyl sites for hydroxylation is 2. The maximum Gasteiger partial charge on any atom is 0.315 e. The summed E-state index contributed by atoms with van der Waals surface area (Å²) in [6, 6.07) is 8.45. The Morgan fingerprint density at radius 3 is 2.83 bits per heavy atom. The molecule has 4 rings (SSSR count). The van der Waals surface area contributed by atoms with Crippen LogP contribution in [0.15, 0.2) is 24.3 Å². The number of nitrogens with one attached hydrogen (secondary N) is 2. The molecule has 0 unspecified atom stereocenters. The van der Waals surface area contributed by atoms with Crippen LogP contribution in [0.1, 0.15) is 35.5 Å². The summed E-state index contributed by atoms with van der Waals surface area (Å²) in [4.78, 5) is 23.4. The molecule has 1 saturated heterocycles. The molecule has 2 aliphatic rings. The van der Waals surface area contributed by atoms with Crippen LogP contribution in [-0.2, 0) is 12.8 Å². The van der Waals surface area contributed by atoms with Crippen LogP contribution in [0.4, 0.5) is 10.6 Å². The Bertz CT molecular complexity index is 857. The van der Waals surface area contributed by atoms with Gasteiger partial charge < -0.3 is 20.3 Å². The minimum atomic E-state index is -0.0818. The lowest BCUT2D eigenvalue weighted by Gasteiger charge is -2.33. The lowest BCUT2D eigenvalue weighted by molar-refractivity contribution is 0.234. The molecule has 0 aliphatic carbocycles. The largest absolute Gasteiger partial charge is 0.493 e. The number of carbonyl (C=O) groups excluding carboxylic acids is 1. The number of urea groups is 1. The van der Waals surface area contributed by atoms with E-state index in [-0.39, 0.29) is 12.1 Å². The number of nitrogens with zero attached hydrogens (tertiary/aromatic N) is 3. The first kappa shape index (κ1) is 19.5. The van der Waals surface area contributed by atoms with Crippen molar-refractivity contribution in [3.63, 3.8) is 0 Å². The lowest BCUT2D eigenvalue weighted by Crippen LogP contribution is -2.48. The zero-order valence-electron chi connectivity index (χ0n) is 17.2. The molecule has 2 aromatic rings. The number of hydrogen-bond acceptors (Lipinski definition) is 5. The first-order chi connectivity index (χ1) is 14.1. The molecule has 1 aromatic heterocycles. The van der Waals surface area contributed by atoms with Gasteiger partial charge in [-0.1, -0.05) is 12.1 Å². The van der Waals surface area contributed by atoms with Gasteiger partial charge in [0.2, 0.25) is 0 Å². The highest BCUT2D eigenvalue weighted by Crippen LogP contribution is 2.26. The minimum absolute atomic E-state index is 0.0818. The fraction of sp³-hybridized carbons (Fsp3) is 0.500. The zero-order valence-corrected chi connectivity index (χ0v) is 17.2. The maximum absolute atomic E-state index is 12.3. The fourth-order valence-corrected chi connectivity index (χ4v) is 4.06. The molecule has 2 N–H and O–H groups in total. The SMILES string of the molecule is Cc1cc(N2CCC(NC(=O)NCCc3ccc4c(c3)CCO4)CC2)nc(C)n1. The first-order valence-electron chi connectivity index (χ1n) is 10.4. The summed E-state index contributed by atoms with van der Waals surface area (Å²) < 4.78 is 5.54. The molecule has 3 heterocycles. The molecule has 29 heavy (non-hydrogen) atoms. The van der Waals surface area contributed by atoms with Crippen LogP contribution in [-0.4, -0.2) is 48.3 Å². The van der Waals surface area contributed by atoms with Gasteiger partial charge in [0.1, 0.15) is 17.4 Å². The predicted octanol–water partition coefficient (Wildman–Crippen LogP) is 2.54. The number of piperidine rings is 1. The van der Waals surface area contributed by atoms with E-state index in [9.17, 15) is 4.79 Å². The maximum atomic E-state index is 12.3. The van der Waals surface area contributed by atoms with Crippen molar-refractivity contribution in [1.82, 2.24) is 20.6 Å². The van der Waals surface area contributed by atoms with Crippen LogP contribution in [0.2, 0.25) is 0 Å². The third-order valence-corrected chi connectivity index (χ3v) is 5.56. The number of fused-ring (bicyclic) bond motifs is 1. The number of rotatable bonds is 5. The Labute approximate surface area is 171 Å². The second-order valence-corrected chi connectivity index (χ2v) is 7.87. The van der Waals surface area contributed by atoms with E-state index in [1.165, 1.54) is 11.1 Å². The number of carbonyl (C=O) groups is 1. The van der Waals surface area contributed by atoms with Gasteiger partial charge in [0, 0.05) is 43.9 Å². The van der Waals surface area contributed by atoms with E-state index in [0.717, 1.165) is 68.5 Å². The number of benzene rings is 1. The smallest absolute Gasteiger partial charge is 0.315 e. The molecule has 7 nitrogen and oxygen atoms in total. The topological polar surface area (TPSA) is 79.4 Å². The molecule has 0 radical (unpaired) electrons. The quantitative estimate of drug-likeness (QED) is 0.813. The van der Waals surface area contributed by atoms with Crippen molar-refractivity contribution in [2.24, 2.45) is 0 Å². The van der Waals surface area contributed by atoms with Crippen LogP contribution in [0.5, 0.6) is 5.75 Å². The van der Waals surface area contributed by atoms with E-state index in [2.05, 4.69) is 37.6 Å². The van der Waals surface area contributed by atoms with E-state index in [1.807, 2.05) is 26.0 Å². The molecular weight excluding hydrogens is 366 g/mol. The Balaban J connectivity index is 1.19. The number of amides is 2. The van der Waals surface area contributed by atoms with Gasteiger partial charge in [-0.3, -0.25) is 0 Å². The lowest BCUT2D eigenvalue weighted by atomic mass is 10.1. The van der Waals surface area contributed by atoms with Crippen molar-refractivity contribution in [3.8, 4) is 5.75 Å².